The molecule has 4 aromatic carbocycles. The van der Waals surface area contributed by atoms with Crippen LogP contribution in [-0.2, 0) is 27.9 Å². The zero-order valence-corrected chi connectivity index (χ0v) is 36.7. The van der Waals surface area contributed by atoms with Crippen molar-refractivity contribution in [2.75, 3.05) is 13.2 Å². The summed E-state index contributed by atoms with van der Waals surface area (Å²) in [5, 5.41) is 23.1. The average Bonchev–Trinajstić information content (AvgIpc) is 3.07. The Morgan fingerprint density at radius 2 is 0.862 bits per heavy atom. The molecule has 2 unspecified atom stereocenters. The molecule has 0 aromatic heterocycles. The van der Waals surface area contributed by atoms with Gasteiger partial charge >= 0.3 is 33.0 Å². The largest absolute Gasteiger partial charge is 0 e. The maximum Gasteiger partial charge on any atom is 0 e. The van der Waals surface area contributed by atoms with Crippen LogP contribution in [0.2, 0.25) is 0 Å². The number of hydrogen-bond donors (Lipinski definition) is 2. The molecular weight excluding hydrogens is 820 g/mol. The summed E-state index contributed by atoms with van der Waals surface area (Å²) < 4.78 is 71.5. The molecule has 321 valence electrons. The molecule has 0 aliphatic rings. The molecule has 58 heavy (non-hydrogen) atoms. The molecule has 0 saturated heterocycles. The van der Waals surface area contributed by atoms with E-state index in [-0.39, 0.29) is 39.4 Å². The summed E-state index contributed by atoms with van der Waals surface area (Å²) in [5.74, 6) is 2.47. The molecule has 1 radical (unpaired) electrons. The molecule has 0 fully saturated rings. The molecule has 2 atom stereocenters. The van der Waals surface area contributed by atoms with Crippen LogP contribution < -0.4 is 9.47 Å². The minimum absolute atomic E-state index is 0. The van der Waals surface area contributed by atoms with Crippen molar-refractivity contribution in [1.82, 2.24) is 0 Å². The molecule has 0 saturated carbocycles. The van der Waals surface area contributed by atoms with Gasteiger partial charge in [-0.3, -0.25) is 9.98 Å². The molecule has 0 spiro atoms. The van der Waals surface area contributed by atoms with Crippen LogP contribution in [0.25, 0.3) is 0 Å². The number of aromatic hydroxyl groups is 2. The topological polar surface area (TPSA) is 83.6 Å². The minimum Gasteiger partial charge on any atom is 0 e. The summed E-state index contributed by atoms with van der Waals surface area (Å²) in [6.45, 7) is 22.0. The monoisotopic (exact) mass is 876 g/mol. The molecule has 0 aliphatic heterocycles. The molecule has 0 amide bonds. The van der Waals surface area contributed by atoms with Crippen LogP contribution in [0, 0.1) is 11.8 Å². The van der Waals surface area contributed by atoms with E-state index in [2.05, 4.69) is 69.2 Å². The summed E-state index contributed by atoms with van der Waals surface area (Å²) in [5.41, 5.74) is 4.03. The van der Waals surface area contributed by atoms with Crippen molar-refractivity contribution >= 4 is 20.2 Å². The quantitative estimate of drug-likeness (QED) is 0.0606. The van der Waals surface area contributed by atoms with Gasteiger partial charge in [-0.15, -0.1) is 0 Å². The summed E-state index contributed by atoms with van der Waals surface area (Å²) in [6.07, 6.45) is 3.48. The van der Waals surface area contributed by atoms with Gasteiger partial charge in [0.15, 0.2) is 0 Å². The number of benzene rings is 4. The maximum absolute atomic E-state index is 11.5. The van der Waals surface area contributed by atoms with E-state index in [9.17, 15) is 35.4 Å². The molecule has 0 heterocycles. The van der Waals surface area contributed by atoms with E-state index < -0.39 is 19.9 Å². The summed E-state index contributed by atoms with van der Waals surface area (Å²) >= 11 is 0. The average molecular weight is 877 g/mol. The van der Waals surface area contributed by atoms with Gasteiger partial charge in [0.1, 0.15) is 35.1 Å². The third-order valence-corrected chi connectivity index (χ3v) is 8.34. The third kappa shape index (κ3) is 17.4. The molecular formula is C44H56F6MnN2O4P-. The Labute approximate surface area is 349 Å². The van der Waals surface area contributed by atoms with E-state index in [1.165, 1.54) is 0 Å². The smallest absolute Gasteiger partial charge is 0 e. The summed E-state index contributed by atoms with van der Waals surface area (Å²) in [7, 11) is -10.7. The predicted molar refractivity (Wildman–Crippen MR) is 221 cm³/mol. The number of nitrogens with zero attached hydrogens (tertiary/aromatic N) is 2. The molecule has 6 nitrogen and oxygen atoms in total. The van der Waals surface area contributed by atoms with Crippen LogP contribution in [0.15, 0.2) is 94.9 Å². The van der Waals surface area contributed by atoms with Crippen molar-refractivity contribution < 1.29 is 61.9 Å². The SMILES string of the molecule is CC(C)COc1cc(C=NC(c2ccccc2)C(N=Cc2cc(OCC(C)C)cc(C(C)(C)C)c2O)c2ccccc2)c(O)c(C(C)(C)C)c1.F[P-](F)(F)(F)(F)F.[Mn]. The first kappa shape index (κ1) is 50.1. The zero-order valence-electron chi connectivity index (χ0n) is 34.7. The second kappa shape index (κ2) is 18.9. The molecule has 2 N–H and O–H groups in total. The Morgan fingerprint density at radius 3 is 1.12 bits per heavy atom. The number of phenols is 2. The first-order chi connectivity index (χ1) is 26.0. The standard InChI is InChI=1S/C44H56N2O4.F6P.Mn/c1-29(2)27-49-35-21-33(41(47)37(23-35)43(5,6)7)25-45-39(31-17-13-11-14-18-31)40(32-19-15-12-16-20-32)46-26-34-22-36(50-28-30(3)4)24-38(42(34)48)44(8,9)10;1-7(2,3,4,5)6;/h11-26,29-30,39-40,47-48H,27-28H2,1-10H3;;/q;-1;. The van der Waals surface area contributed by atoms with Gasteiger partial charge in [0, 0.05) is 51.8 Å². The fourth-order valence-electron chi connectivity index (χ4n) is 5.61. The van der Waals surface area contributed by atoms with E-state index in [1.54, 1.807) is 12.4 Å². The predicted octanol–water partition coefficient (Wildman–Crippen LogP) is 14.2. The van der Waals surface area contributed by atoms with Gasteiger partial charge in [-0.1, -0.05) is 130 Å². The van der Waals surface area contributed by atoms with Gasteiger partial charge in [0.2, 0.25) is 0 Å². The van der Waals surface area contributed by atoms with Gasteiger partial charge in [-0.05, 0) is 58.1 Å². The van der Waals surface area contributed by atoms with E-state index in [4.69, 9.17) is 19.5 Å². The molecule has 0 bridgehead atoms. The zero-order chi connectivity index (χ0) is 43.0. The van der Waals surface area contributed by atoms with Crippen molar-refractivity contribution in [2.24, 2.45) is 21.8 Å². The van der Waals surface area contributed by atoms with E-state index >= 15 is 0 Å². The molecule has 14 heteroatoms. The molecule has 4 rings (SSSR count). The number of halogens is 6. The summed E-state index contributed by atoms with van der Waals surface area (Å²) in [4.78, 5) is 10.4. The Hall–Kier alpha value is -4.05. The number of phenolic OH excluding ortho intramolecular Hbond substituents is 2. The van der Waals surface area contributed by atoms with Crippen LogP contribution in [-0.4, -0.2) is 35.9 Å². The number of ether oxygens (including phenoxy) is 2. The van der Waals surface area contributed by atoms with Crippen LogP contribution in [0.1, 0.15) is 115 Å². The second-order valence-corrected chi connectivity index (χ2v) is 18.9. The normalized spacial score (nSPS) is 14.7. The van der Waals surface area contributed by atoms with Crippen LogP contribution in [0.5, 0.6) is 23.0 Å². The van der Waals surface area contributed by atoms with Gasteiger partial charge in [-0.25, -0.2) is 0 Å². The molecule has 4 aromatic rings. The van der Waals surface area contributed by atoms with Crippen LogP contribution >= 0.6 is 7.81 Å². The van der Waals surface area contributed by atoms with E-state index in [0.717, 1.165) is 22.3 Å². The fourth-order valence-corrected chi connectivity index (χ4v) is 5.61. The van der Waals surface area contributed by atoms with E-state index in [0.29, 0.717) is 47.7 Å². The Kier molecular flexibility index (Phi) is 16.3. The number of rotatable bonds is 13. The Bertz CT molecular complexity index is 1860. The first-order valence-electron chi connectivity index (χ1n) is 18.7. The summed E-state index contributed by atoms with van der Waals surface area (Å²) in [6, 6.07) is 26.8. The minimum atomic E-state index is -10.7. The van der Waals surface area contributed by atoms with Gasteiger partial charge in [0.05, 0.1) is 13.2 Å². The van der Waals surface area contributed by atoms with Gasteiger partial charge in [-0.2, -0.15) is 0 Å². The Morgan fingerprint density at radius 1 is 0.569 bits per heavy atom. The third-order valence-electron chi connectivity index (χ3n) is 8.34. The van der Waals surface area contributed by atoms with Gasteiger partial charge in [0.25, 0.3) is 0 Å². The second-order valence-electron chi connectivity index (χ2n) is 17.0. The van der Waals surface area contributed by atoms with Crippen molar-refractivity contribution in [3.05, 3.63) is 118 Å². The number of hydrogen-bond acceptors (Lipinski definition) is 6. The van der Waals surface area contributed by atoms with E-state index in [1.807, 2.05) is 84.9 Å². The van der Waals surface area contributed by atoms with Crippen molar-refractivity contribution in [1.29, 1.82) is 0 Å². The van der Waals surface area contributed by atoms with Crippen LogP contribution in [0.3, 0.4) is 0 Å². The maximum atomic E-state index is 11.5. The Balaban J connectivity index is 0.00000133. The van der Waals surface area contributed by atoms with Crippen molar-refractivity contribution in [3.8, 4) is 23.0 Å². The number of aliphatic imine (C=N–C) groups is 2. The van der Waals surface area contributed by atoms with Crippen LogP contribution in [0.4, 0.5) is 25.2 Å². The fraction of sp³-hybridized carbons (Fsp3) is 0.409. The first-order valence-corrected chi connectivity index (χ1v) is 20.8. The molecule has 0 aliphatic carbocycles. The van der Waals surface area contributed by atoms with Crippen molar-refractivity contribution in [2.45, 2.75) is 92.2 Å². The van der Waals surface area contributed by atoms with Gasteiger partial charge < -0.3 is 19.7 Å². The van der Waals surface area contributed by atoms with Crippen molar-refractivity contribution in [3.63, 3.8) is 0 Å².